The van der Waals surface area contributed by atoms with Crippen molar-refractivity contribution < 1.29 is 0 Å². The van der Waals surface area contributed by atoms with Gasteiger partial charge in [-0.2, -0.15) is 0 Å². The van der Waals surface area contributed by atoms with Crippen LogP contribution in [-0.2, 0) is 5.41 Å². The maximum Gasteiger partial charge on any atom is 0.160 e. The second kappa shape index (κ2) is 13.4. The highest BCUT2D eigenvalue weighted by Gasteiger charge is 2.36. The van der Waals surface area contributed by atoms with Gasteiger partial charge in [-0.05, 0) is 93.0 Å². The lowest BCUT2D eigenvalue weighted by Crippen LogP contribution is -2.14. The Morgan fingerprint density at radius 2 is 0.914 bits per heavy atom. The molecule has 0 unspecified atom stereocenters. The standard InChI is InChI=1S/C55H39N3/c1-55(2)48-28-11-9-26-44(48)46-33-47-45-27-10-12-29-52(45)58(53(47)34-49(46)55)43-25-15-23-41(32-43)51-35-50(40-22-13-20-38(30-40)36-16-5-3-6-17-36)56-54(57-51)42-24-14-21-39(31-42)37-18-7-4-8-19-37/h3-35H,1-2H3. The van der Waals surface area contributed by atoms with E-state index in [2.05, 4.69) is 219 Å². The Morgan fingerprint density at radius 1 is 0.362 bits per heavy atom. The van der Waals surface area contributed by atoms with Gasteiger partial charge in [-0.15, -0.1) is 0 Å². The third-order valence-electron chi connectivity index (χ3n) is 12.0. The van der Waals surface area contributed by atoms with Crippen molar-refractivity contribution >= 4 is 21.8 Å². The molecule has 10 aromatic rings. The van der Waals surface area contributed by atoms with Crippen molar-refractivity contribution in [2.75, 3.05) is 0 Å². The molecule has 1 aliphatic rings. The number of benzene rings is 8. The Labute approximate surface area is 338 Å². The molecular weight excluding hydrogens is 703 g/mol. The quantitative estimate of drug-likeness (QED) is 0.170. The number of hydrogen-bond donors (Lipinski definition) is 0. The van der Waals surface area contributed by atoms with E-state index in [1.54, 1.807) is 0 Å². The number of aromatic nitrogens is 3. The minimum atomic E-state index is -0.105. The van der Waals surface area contributed by atoms with Crippen LogP contribution in [0.2, 0.25) is 0 Å². The fourth-order valence-corrected chi connectivity index (χ4v) is 9.07. The smallest absolute Gasteiger partial charge is 0.160 e. The van der Waals surface area contributed by atoms with Gasteiger partial charge in [-0.25, -0.2) is 9.97 Å². The molecule has 0 atom stereocenters. The van der Waals surface area contributed by atoms with E-state index in [9.17, 15) is 0 Å². The summed E-state index contributed by atoms with van der Waals surface area (Å²) in [6, 6.07) is 71.8. The lowest BCUT2D eigenvalue weighted by molar-refractivity contribution is 0.661. The van der Waals surface area contributed by atoms with E-state index in [1.165, 1.54) is 49.6 Å². The molecule has 274 valence electrons. The maximum atomic E-state index is 5.33. The Kier molecular flexibility index (Phi) is 7.84. The average Bonchev–Trinajstić information content (AvgIpc) is 3.73. The molecule has 0 spiro atoms. The Balaban J connectivity index is 1.09. The molecule has 0 fully saturated rings. The molecular formula is C55H39N3. The summed E-state index contributed by atoms with van der Waals surface area (Å²) in [5, 5.41) is 2.51. The van der Waals surface area contributed by atoms with E-state index < -0.39 is 0 Å². The van der Waals surface area contributed by atoms with E-state index >= 15 is 0 Å². The van der Waals surface area contributed by atoms with Gasteiger partial charge >= 0.3 is 0 Å². The Bertz CT molecular complexity index is 3090. The zero-order valence-electron chi connectivity index (χ0n) is 32.4. The average molecular weight is 742 g/mol. The minimum Gasteiger partial charge on any atom is -0.309 e. The van der Waals surface area contributed by atoms with Gasteiger partial charge in [-0.3, -0.25) is 0 Å². The van der Waals surface area contributed by atoms with Crippen molar-refractivity contribution in [2.45, 2.75) is 19.3 Å². The molecule has 0 N–H and O–H groups in total. The zero-order valence-corrected chi connectivity index (χ0v) is 32.4. The molecule has 8 aromatic carbocycles. The SMILES string of the molecule is CC1(C)c2ccccc2-c2cc3c4ccccc4n(-c4cccc(-c5cc(-c6cccc(-c7ccccc7)c6)nc(-c6cccc(-c7ccccc7)c6)n5)c4)c3cc21. The molecule has 1 aliphatic carbocycles. The summed E-state index contributed by atoms with van der Waals surface area (Å²) in [4.78, 5) is 10.6. The molecule has 0 saturated carbocycles. The number of para-hydroxylation sites is 1. The van der Waals surface area contributed by atoms with Gasteiger partial charge < -0.3 is 4.57 Å². The van der Waals surface area contributed by atoms with E-state index in [0.717, 1.165) is 50.5 Å². The predicted octanol–water partition coefficient (Wildman–Crippen LogP) is 14.2. The first-order valence-corrected chi connectivity index (χ1v) is 20.0. The number of nitrogens with zero attached hydrogens (tertiary/aromatic N) is 3. The molecule has 3 nitrogen and oxygen atoms in total. The number of rotatable bonds is 6. The highest BCUT2D eigenvalue weighted by Crippen LogP contribution is 2.51. The van der Waals surface area contributed by atoms with Crippen molar-refractivity contribution in [1.29, 1.82) is 0 Å². The van der Waals surface area contributed by atoms with Crippen LogP contribution in [-0.4, -0.2) is 14.5 Å². The minimum absolute atomic E-state index is 0.105. The van der Waals surface area contributed by atoms with Crippen LogP contribution in [0, 0.1) is 0 Å². The summed E-state index contributed by atoms with van der Waals surface area (Å²) in [5.74, 6) is 0.690. The molecule has 0 saturated heterocycles. The lowest BCUT2D eigenvalue weighted by atomic mass is 9.82. The van der Waals surface area contributed by atoms with Gasteiger partial charge in [0, 0.05) is 38.6 Å². The van der Waals surface area contributed by atoms with Crippen LogP contribution in [0.15, 0.2) is 200 Å². The molecule has 0 aliphatic heterocycles. The van der Waals surface area contributed by atoms with Gasteiger partial charge in [-0.1, -0.05) is 166 Å². The van der Waals surface area contributed by atoms with Crippen LogP contribution >= 0.6 is 0 Å². The molecule has 11 rings (SSSR count). The fourth-order valence-electron chi connectivity index (χ4n) is 9.07. The van der Waals surface area contributed by atoms with Crippen molar-refractivity contribution in [3.63, 3.8) is 0 Å². The van der Waals surface area contributed by atoms with Crippen LogP contribution < -0.4 is 0 Å². The summed E-state index contributed by atoms with van der Waals surface area (Å²) in [5.41, 5.74) is 18.2. The van der Waals surface area contributed by atoms with E-state index in [4.69, 9.17) is 9.97 Å². The van der Waals surface area contributed by atoms with Crippen molar-refractivity contribution in [3.8, 4) is 73.0 Å². The second-order valence-corrected chi connectivity index (χ2v) is 15.8. The van der Waals surface area contributed by atoms with Crippen LogP contribution in [0.5, 0.6) is 0 Å². The summed E-state index contributed by atoms with van der Waals surface area (Å²) in [7, 11) is 0. The van der Waals surface area contributed by atoms with Gasteiger partial charge in [0.1, 0.15) is 0 Å². The van der Waals surface area contributed by atoms with Gasteiger partial charge in [0.05, 0.1) is 22.4 Å². The Morgan fingerprint density at radius 3 is 1.64 bits per heavy atom. The van der Waals surface area contributed by atoms with Crippen molar-refractivity contribution in [2.24, 2.45) is 0 Å². The summed E-state index contributed by atoms with van der Waals surface area (Å²) in [6.07, 6.45) is 0. The highest BCUT2D eigenvalue weighted by atomic mass is 15.0. The van der Waals surface area contributed by atoms with Crippen LogP contribution in [0.3, 0.4) is 0 Å². The summed E-state index contributed by atoms with van der Waals surface area (Å²) < 4.78 is 2.43. The fraction of sp³-hybridized carbons (Fsp3) is 0.0545. The maximum absolute atomic E-state index is 5.33. The normalized spacial score (nSPS) is 12.8. The van der Waals surface area contributed by atoms with Crippen molar-refractivity contribution in [1.82, 2.24) is 14.5 Å². The van der Waals surface area contributed by atoms with Gasteiger partial charge in [0.2, 0.25) is 0 Å². The lowest BCUT2D eigenvalue weighted by Gasteiger charge is -2.21. The van der Waals surface area contributed by atoms with Crippen LogP contribution in [0.1, 0.15) is 25.0 Å². The molecule has 2 heterocycles. The Hall–Kier alpha value is -7.36. The van der Waals surface area contributed by atoms with Gasteiger partial charge in [0.15, 0.2) is 5.82 Å². The summed E-state index contributed by atoms with van der Waals surface area (Å²) in [6.45, 7) is 4.71. The first-order chi connectivity index (χ1) is 28.5. The number of fused-ring (bicyclic) bond motifs is 6. The van der Waals surface area contributed by atoms with Crippen LogP contribution in [0.4, 0.5) is 0 Å². The van der Waals surface area contributed by atoms with Gasteiger partial charge in [0.25, 0.3) is 0 Å². The predicted molar refractivity (Wildman–Crippen MR) is 241 cm³/mol. The van der Waals surface area contributed by atoms with E-state index in [0.29, 0.717) is 5.82 Å². The first-order valence-electron chi connectivity index (χ1n) is 20.0. The highest BCUT2D eigenvalue weighted by molar-refractivity contribution is 6.11. The zero-order chi connectivity index (χ0) is 38.8. The molecule has 2 aromatic heterocycles. The molecule has 0 amide bonds. The van der Waals surface area contributed by atoms with E-state index in [1.807, 2.05) is 0 Å². The largest absolute Gasteiger partial charge is 0.309 e. The second-order valence-electron chi connectivity index (χ2n) is 15.8. The number of hydrogen-bond acceptors (Lipinski definition) is 2. The molecule has 3 heteroatoms. The molecule has 0 radical (unpaired) electrons. The third-order valence-corrected chi connectivity index (χ3v) is 12.0. The molecule has 0 bridgehead atoms. The monoisotopic (exact) mass is 741 g/mol. The van der Waals surface area contributed by atoms with Crippen molar-refractivity contribution in [3.05, 3.63) is 211 Å². The summed E-state index contributed by atoms with van der Waals surface area (Å²) >= 11 is 0. The molecule has 58 heavy (non-hydrogen) atoms. The topological polar surface area (TPSA) is 30.7 Å². The van der Waals surface area contributed by atoms with E-state index in [-0.39, 0.29) is 5.41 Å². The third kappa shape index (κ3) is 5.58. The first kappa shape index (κ1) is 33.9. The van der Waals surface area contributed by atoms with Crippen LogP contribution in [0.25, 0.3) is 94.8 Å².